The van der Waals surface area contributed by atoms with E-state index >= 15 is 0 Å². The minimum Gasteiger partial charge on any atom is -0.323 e. The highest BCUT2D eigenvalue weighted by Crippen LogP contribution is 2.13. The van der Waals surface area contributed by atoms with E-state index in [2.05, 4.69) is 19.2 Å². The van der Waals surface area contributed by atoms with Gasteiger partial charge in [-0.05, 0) is 25.6 Å². The molecular formula is C12H19NO. The van der Waals surface area contributed by atoms with Crippen LogP contribution < -0.4 is 5.32 Å². The highest BCUT2D eigenvalue weighted by atomic mass is 16.1. The first kappa shape index (κ1) is 12.8. The Morgan fingerprint density at radius 3 is 1.86 bits per heavy atom. The summed E-state index contributed by atoms with van der Waals surface area (Å²) < 4.78 is 0. The lowest BCUT2D eigenvalue weighted by Gasteiger charge is -2.03. The Bertz CT molecular complexity index is 252. The number of aldehydes is 1. The monoisotopic (exact) mass is 193 g/mol. The Kier molecular flexibility index (Phi) is 6.68. The van der Waals surface area contributed by atoms with Gasteiger partial charge in [0.05, 0.1) is 0 Å². The van der Waals surface area contributed by atoms with Gasteiger partial charge in [0, 0.05) is 5.56 Å². The number of carbonyl (C=O) groups is 1. The molecule has 0 bridgehead atoms. The molecule has 0 aromatic heterocycles. The van der Waals surface area contributed by atoms with Crippen molar-refractivity contribution in [3.8, 4) is 0 Å². The zero-order valence-electron chi connectivity index (χ0n) is 9.37. The highest BCUT2D eigenvalue weighted by Gasteiger charge is 1.96. The van der Waals surface area contributed by atoms with E-state index in [-0.39, 0.29) is 0 Å². The molecular weight excluding hydrogens is 174 g/mol. The van der Waals surface area contributed by atoms with Crippen LogP contribution in [0.3, 0.4) is 0 Å². The van der Waals surface area contributed by atoms with Crippen LogP contribution in [-0.4, -0.2) is 20.4 Å². The van der Waals surface area contributed by atoms with Crippen LogP contribution in [0.4, 0.5) is 0 Å². The molecule has 0 fully saturated rings. The summed E-state index contributed by atoms with van der Waals surface area (Å²) in [5.41, 5.74) is 2.02. The lowest BCUT2D eigenvalue weighted by Crippen LogP contribution is -1.89. The van der Waals surface area contributed by atoms with Gasteiger partial charge in [0.25, 0.3) is 0 Å². The Morgan fingerprint density at radius 2 is 1.57 bits per heavy atom. The number of carbonyl (C=O) groups excluding carboxylic acids is 1. The van der Waals surface area contributed by atoms with E-state index in [0.717, 1.165) is 11.8 Å². The van der Waals surface area contributed by atoms with Crippen molar-refractivity contribution in [1.82, 2.24) is 5.32 Å². The number of hydrogen-bond acceptors (Lipinski definition) is 2. The maximum Gasteiger partial charge on any atom is 0.150 e. The van der Waals surface area contributed by atoms with Gasteiger partial charge in [0.15, 0.2) is 0 Å². The molecule has 0 amide bonds. The Balaban J connectivity index is 0.000000500. The zero-order chi connectivity index (χ0) is 11.0. The van der Waals surface area contributed by atoms with Gasteiger partial charge in [-0.1, -0.05) is 38.1 Å². The van der Waals surface area contributed by atoms with E-state index in [9.17, 15) is 4.79 Å². The van der Waals surface area contributed by atoms with Gasteiger partial charge in [0.1, 0.15) is 6.29 Å². The van der Waals surface area contributed by atoms with Gasteiger partial charge in [-0.2, -0.15) is 0 Å². The molecule has 78 valence electrons. The smallest absolute Gasteiger partial charge is 0.150 e. The second-order valence-electron chi connectivity index (χ2n) is 3.44. The van der Waals surface area contributed by atoms with E-state index in [1.807, 2.05) is 38.4 Å². The van der Waals surface area contributed by atoms with Crippen LogP contribution in [0, 0.1) is 0 Å². The van der Waals surface area contributed by atoms with Crippen LogP contribution in [0.5, 0.6) is 0 Å². The van der Waals surface area contributed by atoms with Crippen molar-refractivity contribution in [2.45, 2.75) is 19.8 Å². The molecule has 1 aromatic rings. The molecule has 0 heterocycles. The summed E-state index contributed by atoms with van der Waals surface area (Å²) in [6.45, 7) is 4.27. The fourth-order valence-corrected chi connectivity index (χ4v) is 0.959. The summed E-state index contributed by atoms with van der Waals surface area (Å²) in [4.78, 5) is 10.3. The fraction of sp³-hybridized carbons (Fsp3) is 0.417. The SMILES string of the molecule is CC(C)c1ccc(C=O)cc1.CNC. The molecule has 0 aliphatic carbocycles. The third kappa shape index (κ3) is 4.77. The average Bonchev–Trinajstić information content (AvgIpc) is 2.19. The van der Waals surface area contributed by atoms with Gasteiger partial charge in [0.2, 0.25) is 0 Å². The summed E-state index contributed by atoms with van der Waals surface area (Å²) in [6.07, 6.45) is 0.865. The normalized spacial score (nSPS) is 9.21. The maximum absolute atomic E-state index is 10.3. The highest BCUT2D eigenvalue weighted by molar-refractivity contribution is 5.74. The minimum absolute atomic E-state index is 0.538. The fourth-order valence-electron chi connectivity index (χ4n) is 0.959. The van der Waals surface area contributed by atoms with Crippen molar-refractivity contribution in [3.05, 3.63) is 35.4 Å². The first-order valence-corrected chi connectivity index (χ1v) is 4.79. The van der Waals surface area contributed by atoms with Crippen molar-refractivity contribution in [3.63, 3.8) is 0 Å². The number of nitrogens with one attached hydrogen (secondary N) is 1. The van der Waals surface area contributed by atoms with Crippen molar-refractivity contribution < 1.29 is 4.79 Å². The maximum atomic E-state index is 10.3. The molecule has 0 unspecified atom stereocenters. The standard InChI is InChI=1S/C10H12O.C2H7N/c1-8(2)10-5-3-9(7-11)4-6-10;1-3-2/h3-8H,1-2H3;3H,1-2H3. The number of hydrogen-bond donors (Lipinski definition) is 1. The van der Waals surface area contributed by atoms with Gasteiger partial charge < -0.3 is 5.32 Å². The third-order valence-corrected chi connectivity index (χ3v) is 1.74. The quantitative estimate of drug-likeness (QED) is 0.731. The molecule has 1 rings (SSSR count). The van der Waals surface area contributed by atoms with E-state index in [4.69, 9.17) is 0 Å². The Labute approximate surface area is 86.3 Å². The number of benzene rings is 1. The lowest BCUT2D eigenvalue weighted by atomic mass is 10.0. The minimum atomic E-state index is 0.538. The summed E-state index contributed by atoms with van der Waals surface area (Å²) in [5.74, 6) is 0.538. The summed E-state index contributed by atoms with van der Waals surface area (Å²) in [5, 5.41) is 2.75. The lowest BCUT2D eigenvalue weighted by molar-refractivity contribution is 0.112. The van der Waals surface area contributed by atoms with Gasteiger partial charge in [-0.25, -0.2) is 0 Å². The Morgan fingerprint density at radius 1 is 1.14 bits per heavy atom. The first-order valence-electron chi connectivity index (χ1n) is 4.79. The van der Waals surface area contributed by atoms with E-state index in [0.29, 0.717) is 5.92 Å². The van der Waals surface area contributed by atoms with Gasteiger partial charge >= 0.3 is 0 Å². The molecule has 1 N–H and O–H groups in total. The second kappa shape index (κ2) is 7.27. The van der Waals surface area contributed by atoms with Crippen LogP contribution in [-0.2, 0) is 0 Å². The predicted molar refractivity (Wildman–Crippen MR) is 60.9 cm³/mol. The summed E-state index contributed by atoms with van der Waals surface area (Å²) >= 11 is 0. The van der Waals surface area contributed by atoms with E-state index in [1.165, 1.54) is 5.56 Å². The van der Waals surface area contributed by atoms with Crippen LogP contribution in [0.1, 0.15) is 35.7 Å². The van der Waals surface area contributed by atoms with Crippen LogP contribution >= 0.6 is 0 Å². The largest absolute Gasteiger partial charge is 0.323 e. The average molecular weight is 193 g/mol. The predicted octanol–water partition coefficient (Wildman–Crippen LogP) is 2.46. The molecule has 0 aliphatic heterocycles. The molecule has 0 saturated heterocycles. The van der Waals surface area contributed by atoms with Gasteiger partial charge in [-0.3, -0.25) is 4.79 Å². The van der Waals surface area contributed by atoms with Crippen molar-refractivity contribution in [2.75, 3.05) is 14.1 Å². The third-order valence-electron chi connectivity index (χ3n) is 1.74. The zero-order valence-corrected chi connectivity index (χ0v) is 9.37. The van der Waals surface area contributed by atoms with Gasteiger partial charge in [-0.15, -0.1) is 0 Å². The molecule has 0 saturated carbocycles. The van der Waals surface area contributed by atoms with Crippen LogP contribution in [0.2, 0.25) is 0 Å². The van der Waals surface area contributed by atoms with E-state index < -0.39 is 0 Å². The Hall–Kier alpha value is -1.15. The van der Waals surface area contributed by atoms with Crippen LogP contribution in [0.15, 0.2) is 24.3 Å². The van der Waals surface area contributed by atoms with E-state index in [1.54, 1.807) is 0 Å². The van der Waals surface area contributed by atoms with Crippen molar-refractivity contribution in [2.24, 2.45) is 0 Å². The molecule has 0 aliphatic rings. The molecule has 2 nitrogen and oxygen atoms in total. The summed E-state index contributed by atoms with van der Waals surface area (Å²) in [6, 6.07) is 7.69. The topological polar surface area (TPSA) is 29.1 Å². The molecule has 0 atom stereocenters. The second-order valence-corrected chi connectivity index (χ2v) is 3.44. The molecule has 14 heavy (non-hydrogen) atoms. The van der Waals surface area contributed by atoms with Crippen molar-refractivity contribution in [1.29, 1.82) is 0 Å². The summed E-state index contributed by atoms with van der Waals surface area (Å²) in [7, 11) is 3.75. The number of rotatable bonds is 2. The molecule has 0 radical (unpaired) electrons. The first-order chi connectivity index (χ1) is 6.65. The molecule has 0 spiro atoms. The molecule has 2 heteroatoms. The van der Waals surface area contributed by atoms with Crippen LogP contribution in [0.25, 0.3) is 0 Å². The van der Waals surface area contributed by atoms with Crippen molar-refractivity contribution >= 4 is 6.29 Å². The molecule has 1 aromatic carbocycles.